The summed E-state index contributed by atoms with van der Waals surface area (Å²) < 4.78 is 55.1. The van der Waals surface area contributed by atoms with E-state index >= 15 is 0 Å². The SMILES string of the molecule is CC(C)=O.CCOCC.F[B-](F)(F)F.[Cl-].[OH-].[Ru+3].[Ru+3].c1cn[n-]c1.c1cnn([BH-](n2cccn2)n2cccn2)c1.c1cnn([BH-](n2cccn2)n2cccn2)c1. The van der Waals surface area contributed by atoms with Crippen LogP contribution in [0, 0.1) is 0 Å². The molecule has 300 valence electrons. The summed E-state index contributed by atoms with van der Waals surface area (Å²) in [5, 5.41) is 32.5. The van der Waals surface area contributed by atoms with E-state index in [0.29, 0.717) is 0 Å². The number of carbonyl (C=O) groups is 1. The number of nitrogens with zero attached hydrogens (tertiary/aromatic N) is 14. The second kappa shape index (κ2) is 31.8. The zero-order chi connectivity index (χ0) is 37.3. The van der Waals surface area contributed by atoms with Gasteiger partial charge in [-0.15, -0.1) is 0 Å². The molecule has 0 aromatic carbocycles. The van der Waals surface area contributed by atoms with Crippen molar-refractivity contribution in [2.45, 2.75) is 27.7 Å². The minimum atomic E-state index is -6.00. The van der Waals surface area contributed by atoms with Crippen molar-refractivity contribution >= 4 is 27.3 Å². The number of Topliss-reactive ketones (excluding diaryl/α,β-unsaturated/α-hetero) is 1. The quantitative estimate of drug-likeness (QED) is 0.143. The van der Waals surface area contributed by atoms with E-state index in [0.717, 1.165) is 13.2 Å². The van der Waals surface area contributed by atoms with Crippen LogP contribution in [-0.2, 0) is 48.5 Å². The molecule has 0 aliphatic carbocycles. The van der Waals surface area contributed by atoms with Gasteiger partial charge in [-0.05, 0) is 101 Å². The fourth-order valence-electron chi connectivity index (χ4n) is 4.09. The molecule has 0 aliphatic heterocycles. The molecule has 2 radical (unpaired) electrons. The molecule has 7 heterocycles. The number of aromatic nitrogens is 14. The van der Waals surface area contributed by atoms with Crippen molar-refractivity contribution in [3.8, 4) is 0 Å². The molecule has 0 amide bonds. The maximum absolute atomic E-state index is 9.75. The molecule has 0 bridgehead atoms. The first-order valence-electron chi connectivity index (χ1n) is 15.6. The molecule has 7 aromatic rings. The molecule has 1 N–H and O–H groups in total. The zero-order valence-electron chi connectivity index (χ0n) is 30.2. The summed E-state index contributed by atoms with van der Waals surface area (Å²) in [7, 11) is -8.25. The summed E-state index contributed by atoms with van der Waals surface area (Å²) in [6.45, 7) is 8.72. The monoisotopic (exact) mass is 968 g/mol. The Morgan fingerprint density at radius 3 is 0.909 bits per heavy atom. The molecule has 7 aromatic heterocycles. The van der Waals surface area contributed by atoms with Crippen LogP contribution in [0.4, 0.5) is 17.3 Å². The number of hydrogen-bond acceptors (Lipinski definition) is 10. The number of halogens is 5. The van der Waals surface area contributed by atoms with Gasteiger partial charge in [-0.1, -0.05) is 6.07 Å². The summed E-state index contributed by atoms with van der Waals surface area (Å²) in [5.41, 5.74) is 0. The summed E-state index contributed by atoms with van der Waals surface area (Å²) in [6, 6.07) is 13.2. The molecule has 17 nitrogen and oxygen atoms in total. The molecule has 55 heavy (non-hydrogen) atoms. The van der Waals surface area contributed by atoms with Crippen molar-refractivity contribution < 1.29 is 83.6 Å². The summed E-state index contributed by atoms with van der Waals surface area (Å²) in [6.07, 6.45) is 25.3. The van der Waals surface area contributed by atoms with Crippen LogP contribution in [0.25, 0.3) is 0 Å². The maximum Gasteiger partial charge on any atom is 3.00 e. The van der Waals surface area contributed by atoms with Gasteiger partial charge in [0.2, 0.25) is 0 Å². The summed E-state index contributed by atoms with van der Waals surface area (Å²) >= 11 is 0. The van der Waals surface area contributed by atoms with E-state index in [1.54, 1.807) is 55.6 Å². The van der Waals surface area contributed by atoms with Crippen LogP contribution in [0.15, 0.2) is 129 Å². The van der Waals surface area contributed by atoms with Gasteiger partial charge < -0.3 is 82.4 Å². The molecule has 0 aliphatic rings. The molecule has 7 rings (SSSR count). The van der Waals surface area contributed by atoms with Crippen molar-refractivity contribution in [2.75, 3.05) is 13.2 Å². The van der Waals surface area contributed by atoms with Gasteiger partial charge in [0, 0.05) is 56.6 Å². The first-order chi connectivity index (χ1) is 24.5. The average Bonchev–Trinajstić information content (AvgIpc) is 3.95. The van der Waals surface area contributed by atoms with Crippen LogP contribution >= 0.6 is 0 Å². The largest absolute Gasteiger partial charge is 3.00 e. The van der Waals surface area contributed by atoms with Crippen LogP contribution in [-0.4, -0.2) is 109 Å². The molecule has 0 atom stereocenters. The van der Waals surface area contributed by atoms with Gasteiger partial charge in [0.05, 0.1) is 0 Å². The van der Waals surface area contributed by atoms with E-state index in [9.17, 15) is 22.1 Å². The average molecular weight is 967 g/mol. The number of hydrogen-bond donors (Lipinski definition) is 0. The number of ether oxygens (including phenoxy) is 1. The van der Waals surface area contributed by atoms with Crippen molar-refractivity contribution in [2.24, 2.45) is 0 Å². The molecular weight excluding hydrogens is 926 g/mol. The van der Waals surface area contributed by atoms with Gasteiger partial charge in [-0.3, -0.25) is 0 Å². The molecule has 0 saturated carbocycles. The van der Waals surface area contributed by atoms with Crippen molar-refractivity contribution in [1.82, 2.24) is 68.3 Å². The predicted molar refractivity (Wildman–Crippen MR) is 188 cm³/mol. The Bertz CT molecular complexity index is 1460. The van der Waals surface area contributed by atoms with E-state index in [-0.39, 0.29) is 62.6 Å². The van der Waals surface area contributed by atoms with Gasteiger partial charge >= 0.3 is 60.4 Å². The Morgan fingerprint density at radius 1 is 0.582 bits per heavy atom. The fraction of sp³-hybridized carbons (Fsp3) is 0.214. The van der Waals surface area contributed by atoms with E-state index in [4.69, 9.17) is 4.74 Å². The number of carbonyl (C=O) groups excluding carboxylic acids is 1. The van der Waals surface area contributed by atoms with Crippen molar-refractivity contribution in [3.05, 3.63) is 129 Å². The Labute approximate surface area is 347 Å². The van der Waals surface area contributed by atoms with E-state index in [1.165, 1.54) is 13.8 Å². The van der Waals surface area contributed by atoms with Crippen molar-refractivity contribution in [1.29, 1.82) is 0 Å². The predicted octanol–water partition coefficient (Wildman–Crippen LogP) is -0.325. The van der Waals surface area contributed by atoms with Crippen LogP contribution in [0.2, 0.25) is 0 Å². The van der Waals surface area contributed by atoms with E-state index in [1.807, 2.05) is 115 Å². The van der Waals surface area contributed by atoms with Crippen LogP contribution < -0.4 is 17.5 Å². The molecule has 0 saturated heterocycles. The molecule has 0 spiro atoms. The van der Waals surface area contributed by atoms with Crippen LogP contribution in [0.3, 0.4) is 0 Å². The van der Waals surface area contributed by atoms with Gasteiger partial charge in [0.25, 0.3) is 0 Å². The second-order valence-corrected chi connectivity index (χ2v) is 10.0. The van der Waals surface area contributed by atoms with Crippen LogP contribution in [0.1, 0.15) is 27.7 Å². The van der Waals surface area contributed by atoms with E-state index in [2.05, 4.69) is 40.8 Å². The molecule has 0 unspecified atom stereocenters. The molecule has 0 fully saturated rings. The third-order valence-corrected chi connectivity index (χ3v) is 5.87. The Balaban J connectivity index is -0.000000646. The molecular formula is C28H40B3ClF4N14O3Ru2. The first kappa shape index (κ1) is 54.9. The van der Waals surface area contributed by atoms with Crippen molar-refractivity contribution in [3.63, 3.8) is 0 Å². The van der Waals surface area contributed by atoms with Gasteiger partial charge in [0.1, 0.15) is 5.78 Å². The minimum Gasteiger partial charge on any atom is -1.00 e. The van der Waals surface area contributed by atoms with Gasteiger partial charge in [-0.25, -0.2) is 30.6 Å². The standard InChI is InChI=1S/2C9H10BN6.C4H10O.C3H3N2.C3H6O.BF4.ClH.H2O.2Ru/c2*1-4-11-14(7-1)10(15-8-2-5-12-15)16-9-3-6-13-16;1-3-5-4-2;1-2-4-5-3-1;1-3(2)4;2-1(3,4)5;;;;/h2*1-10H;3-4H2,1-2H3;1-3H;1-2H3;;1H;1H2;;/q2*-1;;-1;;-1;;;2*+3/p-2. The topological polar surface area (TPSA) is 190 Å². The van der Waals surface area contributed by atoms with Crippen LogP contribution in [0.5, 0.6) is 0 Å². The Morgan fingerprint density at radius 2 is 0.818 bits per heavy atom. The minimum absolute atomic E-state index is 0. The zero-order valence-corrected chi connectivity index (χ0v) is 34.4. The normalized spacial score (nSPS) is 9.49. The third kappa shape index (κ3) is 23.8. The fourth-order valence-corrected chi connectivity index (χ4v) is 4.09. The number of rotatable bonds is 8. The first-order valence-corrected chi connectivity index (χ1v) is 15.6. The van der Waals surface area contributed by atoms with E-state index < -0.39 is 21.5 Å². The summed E-state index contributed by atoms with van der Waals surface area (Å²) in [5.74, 6) is 0.167. The molecule has 27 heteroatoms. The smallest absolute Gasteiger partial charge is 1.00 e. The Kier molecular flexibility index (Phi) is 31.7. The third-order valence-electron chi connectivity index (χ3n) is 5.87. The Hall–Kier alpha value is -4.49. The summed E-state index contributed by atoms with van der Waals surface area (Å²) in [4.78, 5) is 9.44. The second-order valence-electron chi connectivity index (χ2n) is 10.0. The number of ketones is 1. The van der Waals surface area contributed by atoms with Gasteiger partial charge in [0.15, 0.2) is 0 Å². The van der Waals surface area contributed by atoms with Gasteiger partial charge in [-0.2, -0.15) is 6.20 Å². The maximum atomic E-state index is 9.75.